The van der Waals surface area contributed by atoms with Crippen LogP contribution in [-0.2, 0) is 4.74 Å². The van der Waals surface area contributed by atoms with Crippen molar-refractivity contribution in [1.82, 2.24) is 5.32 Å². The zero-order chi connectivity index (χ0) is 14.6. The van der Waals surface area contributed by atoms with E-state index < -0.39 is 17.7 Å². The van der Waals surface area contributed by atoms with Gasteiger partial charge in [0.2, 0.25) is 0 Å². The van der Waals surface area contributed by atoms with Crippen LogP contribution >= 0.6 is 15.9 Å². The van der Waals surface area contributed by atoms with E-state index in [1.54, 1.807) is 26.8 Å². The fourth-order valence-corrected chi connectivity index (χ4v) is 1.96. The van der Waals surface area contributed by atoms with Crippen LogP contribution in [0, 0.1) is 5.82 Å². The Morgan fingerprint density at radius 3 is 2.74 bits per heavy atom. The minimum atomic E-state index is -0.562. The Labute approximate surface area is 120 Å². The van der Waals surface area contributed by atoms with E-state index in [1.165, 1.54) is 12.1 Å². The van der Waals surface area contributed by atoms with E-state index >= 15 is 0 Å². The normalized spacial score (nSPS) is 12.9. The molecule has 1 rings (SSSR count). The fourth-order valence-electron chi connectivity index (χ4n) is 1.42. The van der Waals surface area contributed by atoms with Crippen LogP contribution in [0.15, 0.2) is 22.7 Å². The van der Waals surface area contributed by atoms with E-state index in [9.17, 15) is 9.18 Å². The van der Waals surface area contributed by atoms with Crippen LogP contribution in [0.25, 0.3) is 0 Å². The maximum absolute atomic E-state index is 13.1. The van der Waals surface area contributed by atoms with Gasteiger partial charge >= 0.3 is 6.09 Å². The summed E-state index contributed by atoms with van der Waals surface area (Å²) in [5, 5.41) is 2.55. The number of carbonyl (C=O) groups excluding carboxylic acids is 1. The van der Waals surface area contributed by atoms with E-state index in [1.807, 2.05) is 0 Å². The van der Waals surface area contributed by atoms with Crippen molar-refractivity contribution in [1.29, 1.82) is 0 Å². The van der Waals surface area contributed by atoms with E-state index in [4.69, 9.17) is 10.5 Å². The highest BCUT2D eigenvalue weighted by molar-refractivity contribution is 9.10. The summed E-state index contributed by atoms with van der Waals surface area (Å²) in [5.41, 5.74) is 5.94. The summed E-state index contributed by atoms with van der Waals surface area (Å²) in [5.74, 6) is -0.370. The third-order valence-electron chi connectivity index (χ3n) is 2.22. The monoisotopic (exact) mass is 332 g/mol. The highest BCUT2D eigenvalue weighted by Gasteiger charge is 2.17. The molecular weight excluding hydrogens is 315 g/mol. The molecule has 6 heteroatoms. The standard InChI is InChI=1S/C13H18BrFN2O2/c1-13(2,3)19-12(18)17-7-11(16)9-6-8(15)4-5-10(9)14/h4-6,11H,7,16H2,1-3H3,(H,17,18). The molecule has 0 radical (unpaired) electrons. The molecule has 0 saturated carbocycles. The fraction of sp³-hybridized carbons (Fsp3) is 0.462. The maximum Gasteiger partial charge on any atom is 0.407 e. The number of hydrogen-bond donors (Lipinski definition) is 2. The lowest BCUT2D eigenvalue weighted by molar-refractivity contribution is 0.0524. The zero-order valence-electron chi connectivity index (χ0n) is 11.2. The lowest BCUT2D eigenvalue weighted by Crippen LogP contribution is -2.36. The van der Waals surface area contributed by atoms with Crippen molar-refractivity contribution in [3.63, 3.8) is 0 Å². The van der Waals surface area contributed by atoms with E-state index in [0.717, 1.165) is 0 Å². The topological polar surface area (TPSA) is 64.3 Å². The first-order valence-corrected chi connectivity index (χ1v) is 6.66. The summed E-state index contributed by atoms with van der Waals surface area (Å²) in [7, 11) is 0. The molecule has 0 saturated heterocycles. The Bertz CT molecular complexity index is 460. The van der Waals surface area contributed by atoms with Crippen LogP contribution in [0.5, 0.6) is 0 Å². The number of ether oxygens (including phenoxy) is 1. The van der Waals surface area contributed by atoms with Gasteiger partial charge in [-0.25, -0.2) is 9.18 Å². The molecule has 106 valence electrons. The molecule has 0 aliphatic carbocycles. The van der Waals surface area contributed by atoms with Crippen LogP contribution in [-0.4, -0.2) is 18.2 Å². The summed E-state index contributed by atoms with van der Waals surface area (Å²) in [6.45, 7) is 5.48. The van der Waals surface area contributed by atoms with Gasteiger partial charge in [-0.3, -0.25) is 0 Å². The molecule has 1 amide bonds. The maximum atomic E-state index is 13.1. The van der Waals surface area contributed by atoms with Crippen molar-refractivity contribution >= 4 is 22.0 Å². The van der Waals surface area contributed by atoms with Gasteiger partial charge in [-0.1, -0.05) is 15.9 Å². The average Bonchev–Trinajstić information content (AvgIpc) is 2.27. The number of halogens is 2. The van der Waals surface area contributed by atoms with Gasteiger partial charge in [-0.2, -0.15) is 0 Å². The van der Waals surface area contributed by atoms with Crippen LogP contribution in [0.2, 0.25) is 0 Å². The molecule has 0 bridgehead atoms. The van der Waals surface area contributed by atoms with E-state index in [-0.39, 0.29) is 12.4 Å². The first-order chi connectivity index (χ1) is 8.69. The molecule has 0 fully saturated rings. The molecule has 4 nitrogen and oxygen atoms in total. The molecule has 3 N–H and O–H groups in total. The SMILES string of the molecule is CC(C)(C)OC(=O)NCC(N)c1cc(F)ccc1Br. The summed E-state index contributed by atoms with van der Waals surface area (Å²) >= 11 is 3.30. The molecule has 0 aliphatic rings. The number of amides is 1. The number of nitrogens with two attached hydrogens (primary N) is 1. The molecule has 0 spiro atoms. The smallest absolute Gasteiger partial charge is 0.407 e. The van der Waals surface area contributed by atoms with Gasteiger partial charge < -0.3 is 15.8 Å². The van der Waals surface area contributed by atoms with Crippen LogP contribution < -0.4 is 11.1 Å². The second-order valence-electron chi connectivity index (χ2n) is 5.16. The van der Waals surface area contributed by atoms with Crippen LogP contribution in [0.4, 0.5) is 9.18 Å². The minimum Gasteiger partial charge on any atom is -0.444 e. The number of nitrogens with one attached hydrogen (secondary N) is 1. The highest BCUT2D eigenvalue weighted by Crippen LogP contribution is 2.22. The Hall–Kier alpha value is -1.14. The summed E-state index contributed by atoms with van der Waals surface area (Å²) in [6.07, 6.45) is -0.546. The Balaban J connectivity index is 2.58. The summed E-state index contributed by atoms with van der Waals surface area (Å²) < 4.78 is 18.9. The molecule has 0 heterocycles. The van der Waals surface area contributed by atoms with Crippen molar-refractivity contribution < 1.29 is 13.9 Å². The summed E-state index contributed by atoms with van der Waals surface area (Å²) in [4.78, 5) is 11.5. The lowest BCUT2D eigenvalue weighted by Gasteiger charge is -2.21. The Morgan fingerprint density at radius 2 is 2.16 bits per heavy atom. The zero-order valence-corrected chi connectivity index (χ0v) is 12.8. The molecule has 0 aliphatic heterocycles. The second-order valence-corrected chi connectivity index (χ2v) is 6.01. The third-order valence-corrected chi connectivity index (χ3v) is 2.94. The Kier molecular flexibility index (Phi) is 5.31. The number of carbonyl (C=O) groups is 1. The molecule has 19 heavy (non-hydrogen) atoms. The predicted molar refractivity (Wildman–Crippen MR) is 75.3 cm³/mol. The number of rotatable bonds is 3. The van der Waals surface area contributed by atoms with Gasteiger partial charge in [0.25, 0.3) is 0 Å². The van der Waals surface area contributed by atoms with Gasteiger partial charge in [-0.15, -0.1) is 0 Å². The van der Waals surface area contributed by atoms with Gasteiger partial charge in [0, 0.05) is 17.1 Å². The molecule has 1 atom stereocenters. The van der Waals surface area contributed by atoms with Crippen molar-refractivity contribution in [2.24, 2.45) is 5.73 Å². The molecule has 1 aromatic rings. The van der Waals surface area contributed by atoms with Crippen molar-refractivity contribution in [2.75, 3.05) is 6.54 Å². The largest absolute Gasteiger partial charge is 0.444 e. The molecule has 1 unspecified atom stereocenters. The molecular formula is C13H18BrFN2O2. The lowest BCUT2D eigenvalue weighted by atomic mass is 10.1. The van der Waals surface area contributed by atoms with Gasteiger partial charge in [0.1, 0.15) is 11.4 Å². The van der Waals surface area contributed by atoms with Crippen molar-refractivity contribution in [2.45, 2.75) is 32.4 Å². The first kappa shape index (κ1) is 15.9. The second kappa shape index (κ2) is 6.34. The van der Waals surface area contributed by atoms with Crippen molar-refractivity contribution in [3.8, 4) is 0 Å². The number of benzene rings is 1. The van der Waals surface area contributed by atoms with E-state index in [2.05, 4.69) is 21.2 Å². The first-order valence-electron chi connectivity index (χ1n) is 5.86. The van der Waals surface area contributed by atoms with E-state index in [0.29, 0.717) is 10.0 Å². The Morgan fingerprint density at radius 1 is 1.53 bits per heavy atom. The van der Waals surface area contributed by atoms with Crippen LogP contribution in [0.1, 0.15) is 32.4 Å². The minimum absolute atomic E-state index is 0.164. The van der Waals surface area contributed by atoms with Gasteiger partial charge in [0.15, 0.2) is 0 Å². The highest BCUT2D eigenvalue weighted by atomic mass is 79.9. The average molecular weight is 333 g/mol. The summed E-state index contributed by atoms with van der Waals surface area (Å²) in [6, 6.07) is 3.74. The number of alkyl carbamates (subject to hydrolysis) is 1. The number of hydrogen-bond acceptors (Lipinski definition) is 3. The van der Waals surface area contributed by atoms with Crippen LogP contribution in [0.3, 0.4) is 0 Å². The van der Waals surface area contributed by atoms with Crippen molar-refractivity contribution in [3.05, 3.63) is 34.1 Å². The molecule has 1 aromatic carbocycles. The predicted octanol–water partition coefficient (Wildman–Crippen LogP) is 3.11. The molecule has 0 aromatic heterocycles. The van der Waals surface area contributed by atoms with Gasteiger partial charge in [0.05, 0.1) is 0 Å². The van der Waals surface area contributed by atoms with Gasteiger partial charge in [-0.05, 0) is 44.5 Å². The quantitative estimate of drug-likeness (QED) is 0.893. The third kappa shape index (κ3) is 5.57.